The summed E-state index contributed by atoms with van der Waals surface area (Å²) in [5.41, 5.74) is 6.50. The average molecular weight is 352 g/mol. The molecule has 0 fully saturated rings. The molecule has 0 aliphatic heterocycles. The van der Waals surface area contributed by atoms with Crippen LogP contribution in [0.25, 0.3) is 11.0 Å². The van der Waals surface area contributed by atoms with Crippen LogP contribution in [0.1, 0.15) is 27.8 Å². The molecule has 0 aliphatic carbocycles. The van der Waals surface area contributed by atoms with E-state index in [1.165, 1.54) is 31.2 Å². The number of primary amides is 1. The van der Waals surface area contributed by atoms with Gasteiger partial charge in [0.1, 0.15) is 5.58 Å². The van der Waals surface area contributed by atoms with E-state index >= 15 is 0 Å². The van der Waals surface area contributed by atoms with Crippen molar-refractivity contribution in [2.24, 2.45) is 5.73 Å². The Labute approximate surface area is 148 Å². The molecule has 1 heterocycles. The number of benzene rings is 2. The number of furan rings is 1. The molecule has 1 atom stereocenters. The van der Waals surface area contributed by atoms with Gasteiger partial charge in [0.15, 0.2) is 6.10 Å². The number of rotatable bonds is 5. The largest absolute Gasteiger partial charge is 0.449 e. The minimum atomic E-state index is -1.04. The van der Waals surface area contributed by atoms with Crippen LogP contribution in [0.5, 0.6) is 0 Å². The lowest BCUT2D eigenvalue weighted by Gasteiger charge is -2.12. The first-order valence-electron chi connectivity index (χ1n) is 7.84. The highest BCUT2D eigenvalue weighted by Gasteiger charge is 2.21. The molecule has 0 saturated carbocycles. The lowest BCUT2D eigenvalue weighted by atomic mass is 10.2. The smallest absolute Gasteiger partial charge is 0.375 e. The molecule has 26 heavy (non-hydrogen) atoms. The Morgan fingerprint density at radius 2 is 1.77 bits per heavy atom. The maximum absolute atomic E-state index is 12.2. The first-order chi connectivity index (χ1) is 12.4. The van der Waals surface area contributed by atoms with E-state index in [2.05, 4.69) is 5.32 Å². The third-order valence-corrected chi connectivity index (χ3v) is 3.72. The van der Waals surface area contributed by atoms with Crippen LogP contribution in [0.3, 0.4) is 0 Å². The van der Waals surface area contributed by atoms with E-state index in [0.29, 0.717) is 16.8 Å². The summed E-state index contributed by atoms with van der Waals surface area (Å²) < 4.78 is 10.6. The predicted octanol–water partition coefficient (Wildman–Crippen LogP) is 2.72. The fraction of sp³-hybridized carbons (Fsp3) is 0.105. The van der Waals surface area contributed by atoms with Crippen LogP contribution in [0.2, 0.25) is 0 Å². The number of carbonyl (C=O) groups is 3. The number of nitrogens with one attached hydrogen (secondary N) is 1. The second-order valence-corrected chi connectivity index (χ2v) is 5.63. The summed E-state index contributed by atoms with van der Waals surface area (Å²) in [6.45, 7) is 1.45. The Kier molecular flexibility index (Phi) is 4.70. The topological polar surface area (TPSA) is 112 Å². The number of hydrogen-bond acceptors (Lipinski definition) is 5. The van der Waals surface area contributed by atoms with Gasteiger partial charge in [0, 0.05) is 16.6 Å². The molecule has 0 radical (unpaired) electrons. The molecule has 1 aromatic heterocycles. The van der Waals surface area contributed by atoms with Gasteiger partial charge in [0.25, 0.3) is 5.91 Å². The molecule has 2 amide bonds. The van der Waals surface area contributed by atoms with E-state index in [9.17, 15) is 14.4 Å². The van der Waals surface area contributed by atoms with Gasteiger partial charge in [-0.3, -0.25) is 9.59 Å². The molecule has 0 aliphatic rings. The molecule has 3 aromatic rings. The number of amides is 2. The first-order valence-corrected chi connectivity index (χ1v) is 7.84. The number of fused-ring (bicyclic) bond motifs is 1. The van der Waals surface area contributed by atoms with Gasteiger partial charge in [-0.2, -0.15) is 0 Å². The molecule has 0 unspecified atom stereocenters. The van der Waals surface area contributed by atoms with Crippen molar-refractivity contribution in [3.05, 3.63) is 65.9 Å². The molecule has 2 aromatic carbocycles. The zero-order valence-electron chi connectivity index (χ0n) is 13.9. The quantitative estimate of drug-likeness (QED) is 0.686. The molecule has 3 N–H and O–H groups in total. The molecule has 7 nitrogen and oxygen atoms in total. The summed E-state index contributed by atoms with van der Waals surface area (Å²) in [5.74, 6) is -1.78. The second-order valence-electron chi connectivity index (χ2n) is 5.63. The van der Waals surface area contributed by atoms with Crippen molar-refractivity contribution >= 4 is 34.4 Å². The molecule has 0 spiro atoms. The van der Waals surface area contributed by atoms with Gasteiger partial charge in [0.2, 0.25) is 11.7 Å². The predicted molar refractivity (Wildman–Crippen MR) is 94.7 cm³/mol. The van der Waals surface area contributed by atoms with E-state index in [4.69, 9.17) is 14.9 Å². The molecule has 132 valence electrons. The number of para-hydroxylation sites is 1. The van der Waals surface area contributed by atoms with Crippen LogP contribution in [-0.4, -0.2) is 23.9 Å². The van der Waals surface area contributed by atoms with Gasteiger partial charge in [-0.15, -0.1) is 0 Å². The zero-order valence-corrected chi connectivity index (χ0v) is 13.9. The van der Waals surface area contributed by atoms with Crippen LogP contribution in [0.15, 0.2) is 59.0 Å². The standard InChI is InChI=1S/C19H16N2O5/c1-11(18(23)21-14-8-6-12(7-9-14)17(20)22)25-19(24)16-10-13-4-2-3-5-15(13)26-16/h2-11H,1H3,(H2,20,22)(H,21,23)/t11-/m1/s1. The van der Waals surface area contributed by atoms with Crippen LogP contribution >= 0.6 is 0 Å². The fourth-order valence-corrected chi connectivity index (χ4v) is 2.32. The van der Waals surface area contributed by atoms with Gasteiger partial charge in [-0.25, -0.2) is 4.79 Å². The summed E-state index contributed by atoms with van der Waals surface area (Å²) >= 11 is 0. The highest BCUT2D eigenvalue weighted by molar-refractivity contribution is 5.98. The Bertz CT molecular complexity index is 942. The number of anilines is 1. The monoisotopic (exact) mass is 352 g/mol. The van der Waals surface area contributed by atoms with Crippen molar-refractivity contribution in [3.63, 3.8) is 0 Å². The summed E-state index contributed by atoms with van der Waals surface area (Å²) in [7, 11) is 0. The van der Waals surface area contributed by atoms with Crippen molar-refractivity contribution < 1.29 is 23.5 Å². The van der Waals surface area contributed by atoms with E-state index in [1.54, 1.807) is 18.2 Å². The Morgan fingerprint density at radius 3 is 2.42 bits per heavy atom. The SMILES string of the molecule is C[C@@H](OC(=O)c1cc2ccccc2o1)C(=O)Nc1ccc(C(N)=O)cc1. The second kappa shape index (κ2) is 7.10. The maximum atomic E-state index is 12.2. The van der Waals surface area contributed by atoms with E-state index < -0.39 is 23.9 Å². The Hall–Kier alpha value is -3.61. The summed E-state index contributed by atoms with van der Waals surface area (Å²) in [6.07, 6.45) is -1.04. The van der Waals surface area contributed by atoms with Gasteiger partial charge in [0.05, 0.1) is 0 Å². The third-order valence-electron chi connectivity index (χ3n) is 3.72. The summed E-state index contributed by atoms with van der Waals surface area (Å²) in [6, 6.07) is 14.8. The molecule has 0 bridgehead atoms. The van der Waals surface area contributed by atoms with Crippen molar-refractivity contribution in [1.82, 2.24) is 0 Å². The third kappa shape index (κ3) is 3.72. The molecular weight excluding hydrogens is 336 g/mol. The normalized spacial score (nSPS) is 11.7. The van der Waals surface area contributed by atoms with Crippen molar-refractivity contribution in [1.29, 1.82) is 0 Å². The lowest BCUT2D eigenvalue weighted by Crippen LogP contribution is -2.29. The lowest BCUT2D eigenvalue weighted by molar-refractivity contribution is -0.123. The number of esters is 1. The zero-order chi connectivity index (χ0) is 18.7. The van der Waals surface area contributed by atoms with Crippen molar-refractivity contribution in [2.75, 3.05) is 5.32 Å². The number of ether oxygens (including phenoxy) is 1. The van der Waals surface area contributed by atoms with Gasteiger partial charge in [-0.1, -0.05) is 18.2 Å². The summed E-state index contributed by atoms with van der Waals surface area (Å²) in [4.78, 5) is 35.3. The van der Waals surface area contributed by atoms with Gasteiger partial charge < -0.3 is 20.2 Å². The van der Waals surface area contributed by atoms with E-state index in [-0.39, 0.29) is 5.76 Å². The Morgan fingerprint density at radius 1 is 1.08 bits per heavy atom. The highest BCUT2D eigenvalue weighted by atomic mass is 16.6. The minimum absolute atomic E-state index is 0.0247. The molecule has 0 saturated heterocycles. The Balaban J connectivity index is 1.62. The maximum Gasteiger partial charge on any atom is 0.375 e. The average Bonchev–Trinajstić information content (AvgIpc) is 3.06. The summed E-state index contributed by atoms with van der Waals surface area (Å²) in [5, 5.41) is 3.36. The van der Waals surface area contributed by atoms with Gasteiger partial charge >= 0.3 is 5.97 Å². The minimum Gasteiger partial charge on any atom is -0.449 e. The van der Waals surface area contributed by atoms with E-state index in [0.717, 1.165) is 5.39 Å². The van der Waals surface area contributed by atoms with Gasteiger partial charge in [-0.05, 0) is 43.3 Å². The molecule has 7 heteroatoms. The number of carbonyl (C=O) groups excluding carboxylic acids is 3. The van der Waals surface area contributed by atoms with Crippen LogP contribution in [0, 0.1) is 0 Å². The van der Waals surface area contributed by atoms with Crippen molar-refractivity contribution in [2.45, 2.75) is 13.0 Å². The molecular formula is C19H16N2O5. The number of nitrogens with two attached hydrogens (primary N) is 1. The fourth-order valence-electron chi connectivity index (χ4n) is 2.32. The van der Waals surface area contributed by atoms with Crippen LogP contribution < -0.4 is 11.1 Å². The van der Waals surface area contributed by atoms with E-state index in [1.807, 2.05) is 12.1 Å². The van der Waals surface area contributed by atoms with Crippen LogP contribution in [-0.2, 0) is 9.53 Å². The number of hydrogen-bond donors (Lipinski definition) is 2. The van der Waals surface area contributed by atoms with Crippen molar-refractivity contribution in [3.8, 4) is 0 Å². The highest BCUT2D eigenvalue weighted by Crippen LogP contribution is 2.20. The van der Waals surface area contributed by atoms with Crippen LogP contribution in [0.4, 0.5) is 5.69 Å². The first kappa shape index (κ1) is 17.2. The molecule has 3 rings (SSSR count).